The third-order valence-corrected chi connectivity index (χ3v) is 6.98. The molecule has 7 nitrogen and oxygen atoms in total. The molecule has 1 N–H and O–H groups in total. The lowest BCUT2D eigenvalue weighted by Crippen LogP contribution is -2.38. The molecule has 1 aromatic carbocycles. The van der Waals surface area contributed by atoms with Crippen LogP contribution in [-0.4, -0.2) is 66.1 Å². The van der Waals surface area contributed by atoms with Gasteiger partial charge in [0.15, 0.2) is 15.0 Å². The van der Waals surface area contributed by atoms with Gasteiger partial charge in [0.1, 0.15) is 5.82 Å². The molecule has 9 heteroatoms. The van der Waals surface area contributed by atoms with E-state index in [1.807, 2.05) is 31.2 Å². The Morgan fingerprint density at radius 1 is 1.35 bits per heavy atom. The normalized spacial score (nSPS) is 18.8. The van der Waals surface area contributed by atoms with E-state index in [2.05, 4.69) is 15.3 Å². The van der Waals surface area contributed by atoms with Crippen LogP contribution in [0.4, 0.5) is 5.82 Å². The molecule has 2 aromatic rings. The Labute approximate surface area is 157 Å². The van der Waals surface area contributed by atoms with Crippen LogP contribution in [0.15, 0.2) is 29.4 Å². The number of nitrogens with zero attached hydrogens (tertiary/aromatic N) is 3. The molecule has 1 aromatic heterocycles. The first-order valence-corrected chi connectivity index (χ1v) is 11.3. The molecule has 140 valence electrons. The van der Waals surface area contributed by atoms with E-state index < -0.39 is 9.84 Å². The minimum Gasteiger partial charge on any atom is -0.370 e. The van der Waals surface area contributed by atoms with Gasteiger partial charge in [0.25, 0.3) is 0 Å². The van der Waals surface area contributed by atoms with E-state index in [0.717, 1.165) is 23.3 Å². The predicted octanol–water partition coefficient (Wildman–Crippen LogP) is 1.80. The largest absolute Gasteiger partial charge is 0.370 e. The summed E-state index contributed by atoms with van der Waals surface area (Å²) in [5, 5.41) is 4.70. The highest BCUT2D eigenvalue weighted by Gasteiger charge is 2.32. The molecule has 1 fully saturated rings. The summed E-state index contributed by atoms with van der Waals surface area (Å²) in [5.74, 6) is 1.03. The van der Waals surface area contributed by atoms with E-state index in [4.69, 9.17) is 0 Å². The van der Waals surface area contributed by atoms with Gasteiger partial charge in [-0.2, -0.15) is 0 Å². The number of hydrogen-bond acceptors (Lipinski definition) is 7. The molecule has 1 atom stereocenters. The molecule has 1 aliphatic rings. The van der Waals surface area contributed by atoms with Gasteiger partial charge in [-0.3, -0.25) is 4.79 Å². The number of benzene rings is 1. The second-order valence-corrected chi connectivity index (χ2v) is 9.42. The second-order valence-electron chi connectivity index (χ2n) is 6.25. The number of sulfone groups is 1. The molecule has 0 radical (unpaired) electrons. The van der Waals surface area contributed by atoms with E-state index in [-0.39, 0.29) is 29.2 Å². The molecule has 0 saturated carbocycles. The quantitative estimate of drug-likeness (QED) is 0.590. The Hall–Kier alpha value is -1.87. The Bertz CT molecular complexity index is 917. The lowest BCUT2D eigenvalue weighted by Gasteiger charge is -2.23. The van der Waals surface area contributed by atoms with Crippen molar-refractivity contribution in [2.24, 2.45) is 0 Å². The SMILES string of the molecule is CCNc1nc(SCC(=O)N(C)C2CCS(=O)(=O)C2)nc2ccccc12. The Kier molecular flexibility index (Phi) is 5.67. The number of nitrogens with one attached hydrogen (secondary N) is 1. The van der Waals surface area contributed by atoms with Crippen LogP contribution < -0.4 is 5.32 Å². The van der Waals surface area contributed by atoms with Gasteiger partial charge in [-0.05, 0) is 25.5 Å². The second kappa shape index (κ2) is 7.79. The number of fused-ring (bicyclic) bond motifs is 1. The van der Waals surface area contributed by atoms with Gasteiger partial charge >= 0.3 is 0 Å². The Morgan fingerprint density at radius 3 is 2.81 bits per heavy atom. The lowest BCUT2D eigenvalue weighted by molar-refractivity contribution is -0.128. The maximum Gasteiger partial charge on any atom is 0.233 e. The van der Waals surface area contributed by atoms with Crippen molar-refractivity contribution < 1.29 is 13.2 Å². The highest BCUT2D eigenvalue weighted by molar-refractivity contribution is 7.99. The van der Waals surface area contributed by atoms with Crippen LogP contribution >= 0.6 is 11.8 Å². The third-order valence-electron chi connectivity index (χ3n) is 4.40. The van der Waals surface area contributed by atoms with Gasteiger partial charge < -0.3 is 10.2 Å². The van der Waals surface area contributed by atoms with E-state index >= 15 is 0 Å². The van der Waals surface area contributed by atoms with Crippen molar-refractivity contribution in [3.63, 3.8) is 0 Å². The summed E-state index contributed by atoms with van der Waals surface area (Å²) < 4.78 is 23.2. The molecular formula is C17H22N4O3S2. The lowest BCUT2D eigenvalue weighted by atomic mass is 10.2. The molecule has 1 aliphatic heterocycles. The highest BCUT2D eigenvalue weighted by atomic mass is 32.2. The molecule has 1 amide bonds. The number of hydrogen-bond donors (Lipinski definition) is 1. The van der Waals surface area contributed by atoms with Crippen LogP contribution in [0.2, 0.25) is 0 Å². The molecule has 2 heterocycles. The van der Waals surface area contributed by atoms with Crippen molar-refractivity contribution in [1.29, 1.82) is 0 Å². The van der Waals surface area contributed by atoms with E-state index in [1.165, 1.54) is 11.8 Å². The first kappa shape index (κ1) is 18.9. The summed E-state index contributed by atoms with van der Waals surface area (Å²) >= 11 is 1.27. The molecule has 1 saturated heterocycles. The third kappa shape index (κ3) is 4.27. The molecule has 3 rings (SSSR count). The summed E-state index contributed by atoms with van der Waals surface area (Å²) in [4.78, 5) is 23.0. The van der Waals surface area contributed by atoms with Gasteiger partial charge in [0.05, 0.1) is 22.8 Å². The molecule has 0 spiro atoms. The molecule has 1 unspecified atom stereocenters. The van der Waals surface area contributed by atoms with Crippen molar-refractivity contribution >= 4 is 44.2 Å². The molecular weight excluding hydrogens is 372 g/mol. The fraction of sp³-hybridized carbons (Fsp3) is 0.471. The average molecular weight is 395 g/mol. The van der Waals surface area contributed by atoms with Crippen molar-refractivity contribution in [3.05, 3.63) is 24.3 Å². The summed E-state index contributed by atoms with van der Waals surface area (Å²) in [5.41, 5.74) is 0.823. The average Bonchev–Trinajstić information content (AvgIpc) is 2.99. The zero-order chi connectivity index (χ0) is 18.7. The number of thioether (sulfide) groups is 1. The first-order valence-electron chi connectivity index (χ1n) is 8.49. The fourth-order valence-corrected chi connectivity index (χ4v) is 5.48. The number of anilines is 1. The minimum atomic E-state index is -3.01. The fourth-order valence-electron chi connectivity index (χ4n) is 2.93. The zero-order valence-electron chi connectivity index (χ0n) is 14.8. The van der Waals surface area contributed by atoms with E-state index in [0.29, 0.717) is 11.6 Å². The predicted molar refractivity (Wildman–Crippen MR) is 104 cm³/mol. The number of rotatable bonds is 6. The van der Waals surface area contributed by atoms with Gasteiger partial charge in [-0.15, -0.1) is 0 Å². The standard InChI is InChI=1S/C17H22N4O3S2/c1-3-18-16-13-6-4-5-7-14(13)19-17(20-16)25-10-15(22)21(2)12-8-9-26(23,24)11-12/h4-7,12H,3,8-11H2,1-2H3,(H,18,19,20). The summed E-state index contributed by atoms with van der Waals surface area (Å²) in [7, 11) is -1.34. The summed E-state index contributed by atoms with van der Waals surface area (Å²) in [6, 6.07) is 7.50. The Balaban J connectivity index is 1.70. The Morgan fingerprint density at radius 2 is 2.12 bits per heavy atom. The smallest absolute Gasteiger partial charge is 0.233 e. The van der Waals surface area contributed by atoms with Crippen LogP contribution in [0.5, 0.6) is 0 Å². The highest BCUT2D eigenvalue weighted by Crippen LogP contribution is 2.25. The molecule has 0 aliphatic carbocycles. The maximum atomic E-state index is 12.4. The number of para-hydroxylation sites is 1. The van der Waals surface area contributed by atoms with Crippen molar-refractivity contribution in [2.75, 3.05) is 36.2 Å². The van der Waals surface area contributed by atoms with E-state index in [9.17, 15) is 13.2 Å². The van der Waals surface area contributed by atoms with Gasteiger partial charge in [0.2, 0.25) is 5.91 Å². The van der Waals surface area contributed by atoms with Gasteiger partial charge in [0, 0.05) is 25.0 Å². The number of aromatic nitrogens is 2. The minimum absolute atomic E-state index is 0.0525. The maximum absolute atomic E-state index is 12.4. The monoisotopic (exact) mass is 394 g/mol. The van der Waals surface area contributed by atoms with Crippen molar-refractivity contribution in [2.45, 2.75) is 24.5 Å². The number of amides is 1. The van der Waals surface area contributed by atoms with Crippen molar-refractivity contribution in [1.82, 2.24) is 14.9 Å². The van der Waals surface area contributed by atoms with Crippen LogP contribution in [0.1, 0.15) is 13.3 Å². The molecule has 0 bridgehead atoms. The van der Waals surface area contributed by atoms with Crippen LogP contribution in [-0.2, 0) is 14.6 Å². The van der Waals surface area contributed by atoms with Crippen LogP contribution in [0.25, 0.3) is 10.9 Å². The summed E-state index contributed by atoms with van der Waals surface area (Å²) in [6.07, 6.45) is 0.506. The zero-order valence-corrected chi connectivity index (χ0v) is 16.4. The van der Waals surface area contributed by atoms with Gasteiger partial charge in [-0.25, -0.2) is 18.4 Å². The van der Waals surface area contributed by atoms with Crippen LogP contribution in [0, 0.1) is 0 Å². The first-order chi connectivity index (χ1) is 12.4. The summed E-state index contributed by atoms with van der Waals surface area (Å²) in [6.45, 7) is 2.74. The molecule has 26 heavy (non-hydrogen) atoms. The topological polar surface area (TPSA) is 92.3 Å². The van der Waals surface area contributed by atoms with E-state index in [1.54, 1.807) is 11.9 Å². The van der Waals surface area contributed by atoms with Gasteiger partial charge in [-0.1, -0.05) is 23.9 Å². The number of carbonyl (C=O) groups is 1. The van der Waals surface area contributed by atoms with Crippen LogP contribution in [0.3, 0.4) is 0 Å². The number of carbonyl (C=O) groups excluding carboxylic acids is 1. The van der Waals surface area contributed by atoms with Crippen molar-refractivity contribution in [3.8, 4) is 0 Å².